The van der Waals surface area contributed by atoms with Crippen molar-refractivity contribution in [3.05, 3.63) is 84.4 Å². The SMILES string of the molecule is CC(C(=O)Nc1ccccc1-c1ccccc1)N1CCCc2ccccc21. The van der Waals surface area contributed by atoms with E-state index in [0.717, 1.165) is 36.2 Å². The van der Waals surface area contributed by atoms with E-state index in [1.807, 2.05) is 55.5 Å². The van der Waals surface area contributed by atoms with Gasteiger partial charge >= 0.3 is 0 Å². The molecule has 1 unspecified atom stereocenters. The first-order valence-corrected chi connectivity index (χ1v) is 9.54. The minimum atomic E-state index is -0.227. The zero-order valence-corrected chi connectivity index (χ0v) is 15.6. The largest absolute Gasteiger partial charge is 0.360 e. The van der Waals surface area contributed by atoms with Crippen LogP contribution in [0.5, 0.6) is 0 Å². The molecule has 1 amide bonds. The van der Waals surface area contributed by atoms with Gasteiger partial charge in [0, 0.05) is 23.5 Å². The van der Waals surface area contributed by atoms with Gasteiger partial charge in [0.1, 0.15) is 6.04 Å². The number of nitrogens with one attached hydrogen (secondary N) is 1. The Balaban J connectivity index is 1.57. The van der Waals surface area contributed by atoms with Gasteiger partial charge in [-0.1, -0.05) is 66.7 Å². The molecule has 136 valence electrons. The number of amides is 1. The molecule has 1 aliphatic rings. The molecule has 1 N–H and O–H groups in total. The van der Waals surface area contributed by atoms with Crippen LogP contribution in [0.25, 0.3) is 11.1 Å². The number of rotatable bonds is 4. The van der Waals surface area contributed by atoms with E-state index < -0.39 is 0 Å². The normalized spacial score (nSPS) is 14.3. The van der Waals surface area contributed by atoms with Gasteiger partial charge in [0.15, 0.2) is 0 Å². The second kappa shape index (κ2) is 7.67. The van der Waals surface area contributed by atoms with Crippen LogP contribution in [0.3, 0.4) is 0 Å². The first kappa shape index (κ1) is 17.3. The summed E-state index contributed by atoms with van der Waals surface area (Å²) < 4.78 is 0. The van der Waals surface area contributed by atoms with Crippen LogP contribution in [0.1, 0.15) is 18.9 Å². The number of para-hydroxylation sites is 2. The van der Waals surface area contributed by atoms with E-state index in [1.54, 1.807) is 0 Å². The maximum atomic E-state index is 13.1. The monoisotopic (exact) mass is 356 g/mol. The molecule has 0 saturated carbocycles. The predicted molar refractivity (Wildman–Crippen MR) is 112 cm³/mol. The molecular weight excluding hydrogens is 332 g/mol. The summed E-state index contributed by atoms with van der Waals surface area (Å²) in [6, 6.07) is 26.3. The van der Waals surface area contributed by atoms with E-state index in [9.17, 15) is 4.79 Å². The lowest BCUT2D eigenvalue weighted by Gasteiger charge is -2.35. The lowest BCUT2D eigenvalue weighted by atomic mass is 10.00. The van der Waals surface area contributed by atoms with Crippen LogP contribution in [0.15, 0.2) is 78.9 Å². The lowest BCUT2D eigenvalue weighted by molar-refractivity contribution is -0.117. The van der Waals surface area contributed by atoms with Crippen molar-refractivity contribution in [2.75, 3.05) is 16.8 Å². The third kappa shape index (κ3) is 3.59. The van der Waals surface area contributed by atoms with E-state index in [-0.39, 0.29) is 11.9 Å². The first-order chi connectivity index (χ1) is 13.2. The van der Waals surface area contributed by atoms with Crippen molar-refractivity contribution in [3.63, 3.8) is 0 Å². The second-order valence-electron chi connectivity index (χ2n) is 7.00. The van der Waals surface area contributed by atoms with Crippen LogP contribution in [-0.2, 0) is 11.2 Å². The van der Waals surface area contributed by atoms with Gasteiger partial charge in [-0.15, -0.1) is 0 Å². The van der Waals surface area contributed by atoms with Gasteiger partial charge in [0.05, 0.1) is 0 Å². The summed E-state index contributed by atoms with van der Waals surface area (Å²) in [6.45, 7) is 2.90. The average Bonchev–Trinajstić information content (AvgIpc) is 2.74. The number of anilines is 2. The number of fused-ring (bicyclic) bond motifs is 1. The highest BCUT2D eigenvalue weighted by Crippen LogP contribution is 2.30. The smallest absolute Gasteiger partial charge is 0.246 e. The summed E-state index contributed by atoms with van der Waals surface area (Å²) in [4.78, 5) is 15.3. The molecule has 3 nitrogen and oxygen atoms in total. The number of hydrogen-bond acceptors (Lipinski definition) is 2. The number of carbonyl (C=O) groups excluding carboxylic acids is 1. The number of carbonyl (C=O) groups is 1. The van der Waals surface area contributed by atoms with Crippen molar-refractivity contribution in [3.8, 4) is 11.1 Å². The first-order valence-electron chi connectivity index (χ1n) is 9.54. The molecule has 0 spiro atoms. The average molecular weight is 356 g/mol. The van der Waals surface area contributed by atoms with Crippen LogP contribution in [0, 0.1) is 0 Å². The fourth-order valence-electron chi connectivity index (χ4n) is 3.81. The molecule has 3 aromatic carbocycles. The number of nitrogens with zero attached hydrogens (tertiary/aromatic N) is 1. The van der Waals surface area contributed by atoms with Gasteiger partial charge in [-0.05, 0) is 43.0 Å². The number of aryl methyl sites for hydroxylation is 1. The van der Waals surface area contributed by atoms with Gasteiger partial charge in [0.2, 0.25) is 5.91 Å². The lowest BCUT2D eigenvalue weighted by Crippen LogP contribution is -2.44. The Morgan fingerprint density at radius 3 is 2.48 bits per heavy atom. The summed E-state index contributed by atoms with van der Waals surface area (Å²) in [5.41, 5.74) is 5.50. The quantitative estimate of drug-likeness (QED) is 0.702. The Morgan fingerprint density at radius 2 is 1.63 bits per heavy atom. The van der Waals surface area contributed by atoms with E-state index in [0.29, 0.717) is 0 Å². The van der Waals surface area contributed by atoms with Crippen molar-refractivity contribution in [2.24, 2.45) is 0 Å². The topological polar surface area (TPSA) is 32.3 Å². The number of hydrogen-bond donors (Lipinski definition) is 1. The van der Waals surface area contributed by atoms with Crippen molar-refractivity contribution >= 4 is 17.3 Å². The predicted octanol–water partition coefficient (Wildman–Crippen LogP) is 5.13. The summed E-state index contributed by atoms with van der Waals surface area (Å²) >= 11 is 0. The molecule has 4 rings (SSSR count). The molecule has 1 atom stereocenters. The third-order valence-corrected chi connectivity index (χ3v) is 5.26. The van der Waals surface area contributed by atoms with E-state index in [4.69, 9.17) is 0 Å². The Bertz CT molecular complexity index is 936. The van der Waals surface area contributed by atoms with Crippen molar-refractivity contribution in [2.45, 2.75) is 25.8 Å². The summed E-state index contributed by atoms with van der Waals surface area (Å²) in [6.07, 6.45) is 2.16. The van der Waals surface area contributed by atoms with Gasteiger partial charge in [-0.2, -0.15) is 0 Å². The van der Waals surface area contributed by atoms with Crippen LogP contribution in [-0.4, -0.2) is 18.5 Å². The summed E-state index contributed by atoms with van der Waals surface area (Å²) in [7, 11) is 0. The van der Waals surface area contributed by atoms with Gasteiger partial charge in [-0.3, -0.25) is 4.79 Å². The van der Waals surface area contributed by atoms with Gasteiger partial charge < -0.3 is 10.2 Å². The van der Waals surface area contributed by atoms with Gasteiger partial charge in [0.25, 0.3) is 0 Å². The van der Waals surface area contributed by atoms with Crippen molar-refractivity contribution in [1.82, 2.24) is 0 Å². The highest BCUT2D eigenvalue weighted by atomic mass is 16.2. The van der Waals surface area contributed by atoms with E-state index in [2.05, 4.69) is 40.5 Å². The fraction of sp³-hybridized carbons (Fsp3) is 0.208. The standard InChI is InChI=1S/C24H24N2O/c1-18(26-17-9-13-20-12-5-8-16-23(20)26)24(27)25-22-15-7-6-14-21(22)19-10-3-2-4-11-19/h2-8,10-12,14-16,18H,9,13,17H2,1H3,(H,25,27). The number of benzene rings is 3. The molecule has 0 fully saturated rings. The Labute approximate surface area is 160 Å². The van der Waals surface area contributed by atoms with E-state index in [1.165, 1.54) is 11.3 Å². The highest BCUT2D eigenvalue weighted by molar-refractivity contribution is 6.00. The molecule has 1 heterocycles. The highest BCUT2D eigenvalue weighted by Gasteiger charge is 2.26. The Morgan fingerprint density at radius 1 is 0.926 bits per heavy atom. The molecule has 0 saturated heterocycles. The fourth-order valence-corrected chi connectivity index (χ4v) is 3.81. The van der Waals surface area contributed by atoms with Crippen LogP contribution in [0.4, 0.5) is 11.4 Å². The van der Waals surface area contributed by atoms with Gasteiger partial charge in [-0.25, -0.2) is 0 Å². The molecule has 0 bridgehead atoms. The Kier molecular flexibility index (Phi) is 4.93. The minimum absolute atomic E-state index is 0.0232. The zero-order chi connectivity index (χ0) is 18.6. The van der Waals surface area contributed by atoms with Crippen LogP contribution >= 0.6 is 0 Å². The minimum Gasteiger partial charge on any atom is -0.360 e. The zero-order valence-electron chi connectivity index (χ0n) is 15.6. The molecule has 0 radical (unpaired) electrons. The van der Waals surface area contributed by atoms with E-state index >= 15 is 0 Å². The van der Waals surface area contributed by atoms with Crippen LogP contribution < -0.4 is 10.2 Å². The molecule has 27 heavy (non-hydrogen) atoms. The van der Waals surface area contributed by atoms with Crippen molar-refractivity contribution < 1.29 is 4.79 Å². The maximum Gasteiger partial charge on any atom is 0.246 e. The van der Waals surface area contributed by atoms with Crippen LogP contribution in [0.2, 0.25) is 0 Å². The maximum absolute atomic E-state index is 13.1. The Hall–Kier alpha value is -3.07. The molecule has 1 aliphatic heterocycles. The molecular formula is C24H24N2O. The molecule has 0 aromatic heterocycles. The molecule has 3 heteroatoms. The molecule has 3 aromatic rings. The molecule has 0 aliphatic carbocycles. The van der Waals surface area contributed by atoms with Crippen molar-refractivity contribution in [1.29, 1.82) is 0 Å². The summed E-state index contributed by atoms with van der Waals surface area (Å²) in [5.74, 6) is 0.0232. The third-order valence-electron chi connectivity index (χ3n) is 5.26. The summed E-state index contributed by atoms with van der Waals surface area (Å²) in [5, 5.41) is 3.16. The second-order valence-corrected chi connectivity index (χ2v) is 7.00.